The normalized spacial score (nSPS) is 22.6. The Balaban J connectivity index is 1.68. The van der Waals surface area contributed by atoms with Crippen molar-refractivity contribution in [3.05, 3.63) is 45.9 Å². The van der Waals surface area contributed by atoms with Crippen molar-refractivity contribution in [3.8, 4) is 0 Å². The molecular weight excluding hydrogens is 438 g/mol. The lowest BCUT2D eigenvalue weighted by atomic mass is 9.66. The number of piperidine rings is 1. The summed E-state index contributed by atoms with van der Waals surface area (Å²) < 4.78 is 0. The molecule has 0 radical (unpaired) electrons. The summed E-state index contributed by atoms with van der Waals surface area (Å²) in [5, 5.41) is 24.8. The second-order valence-corrected chi connectivity index (χ2v) is 10.3. The molecule has 3 atom stereocenters. The number of carbonyl (C=O) groups is 2. The molecule has 0 bridgehead atoms. The van der Waals surface area contributed by atoms with E-state index in [2.05, 4.69) is 10.3 Å². The molecule has 1 aromatic carbocycles. The zero-order chi connectivity index (χ0) is 23.0. The maximum atomic E-state index is 13.2. The molecule has 2 heterocycles. The van der Waals surface area contributed by atoms with Gasteiger partial charge in [-0.1, -0.05) is 55.8 Å². The first kappa shape index (κ1) is 23.5. The van der Waals surface area contributed by atoms with E-state index >= 15 is 0 Å². The molecule has 31 heavy (non-hydrogen) atoms. The Morgan fingerprint density at radius 1 is 1.26 bits per heavy atom. The fraction of sp³-hybridized carbons (Fsp3) is 0.500. The number of hydrogen-bond donors (Lipinski definition) is 3. The van der Waals surface area contributed by atoms with Crippen molar-refractivity contribution in [3.63, 3.8) is 0 Å². The SMILES string of the molecule is CC(Nc1ncc(C(=O)O)s1)[C@@H](C)C(=O)N1CC[C@](O)(c2ccc(Cl)cc2)C(C)(C)C1. The van der Waals surface area contributed by atoms with Gasteiger partial charge in [0.15, 0.2) is 5.13 Å². The number of halogens is 1. The number of aromatic carboxylic acids is 1. The molecule has 0 spiro atoms. The Hall–Kier alpha value is -2.16. The number of anilines is 1. The molecule has 1 unspecified atom stereocenters. The number of aliphatic hydroxyl groups is 1. The summed E-state index contributed by atoms with van der Waals surface area (Å²) >= 11 is 7.04. The number of hydrogen-bond acceptors (Lipinski definition) is 6. The summed E-state index contributed by atoms with van der Waals surface area (Å²) in [5.74, 6) is -1.39. The van der Waals surface area contributed by atoms with Gasteiger partial charge in [-0.05, 0) is 31.0 Å². The van der Waals surface area contributed by atoms with Gasteiger partial charge in [0.1, 0.15) is 4.88 Å². The van der Waals surface area contributed by atoms with Crippen molar-refractivity contribution in [1.29, 1.82) is 0 Å². The van der Waals surface area contributed by atoms with E-state index in [1.165, 1.54) is 6.20 Å². The second-order valence-electron chi connectivity index (χ2n) is 8.82. The first-order chi connectivity index (χ1) is 14.4. The van der Waals surface area contributed by atoms with Crippen LogP contribution in [0.3, 0.4) is 0 Å². The highest BCUT2D eigenvalue weighted by Crippen LogP contribution is 2.46. The fourth-order valence-corrected chi connectivity index (χ4v) is 4.91. The van der Waals surface area contributed by atoms with E-state index in [1.54, 1.807) is 17.0 Å². The fourth-order valence-electron chi connectivity index (χ4n) is 4.03. The molecule has 0 aliphatic carbocycles. The number of rotatable bonds is 6. The highest BCUT2D eigenvalue weighted by Gasteiger charge is 2.50. The summed E-state index contributed by atoms with van der Waals surface area (Å²) in [6.07, 6.45) is 1.73. The van der Waals surface area contributed by atoms with Crippen molar-refractivity contribution in [2.75, 3.05) is 18.4 Å². The standard InChI is InChI=1S/C22H28ClN3O4S/c1-13(14(2)25-20-24-11-17(31-20)19(28)29)18(27)26-10-9-22(30,21(3,4)12-26)15-5-7-16(23)8-6-15/h5-8,11,13-14,30H,9-10,12H2,1-4H3,(H,24,25)(H,28,29)/t13-,14?,22+/m1/s1. The van der Waals surface area contributed by atoms with E-state index in [0.29, 0.717) is 29.7 Å². The minimum atomic E-state index is -1.06. The minimum absolute atomic E-state index is 0.0127. The van der Waals surface area contributed by atoms with Crippen LogP contribution in [0.5, 0.6) is 0 Å². The van der Waals surface area contributed by atoms with Crippen LogP contribution in [0.4, 0.5) is 5.13 Å². The maximum absolute atomic E-state index is 13.2. The average Bonchev–Trinajstić information content (AvgIpc) is 3.18. The highest BCUT2D eigenvalue weighted by atomic mass is 35.5. The number of carboxylic acid groups (broad SMARTS) is 1. The lowest BCUT2D eigenvalue weighted by Gasteiger charge is -2.51. The number of benzene rings is 1. The molecule has 1 aliphatic rings. The molecule has 9 heteroatoms. The van der Waals surface area contributed by atoms with Crippen LogP contribution >= 0.6 is 22.9 Å². The monoisotopic (exact) mass is 465 g/mol. The molecule has 3 rings (SSSR count). The summed E-state index contributed by atoms with van der Waals surface area (Å²) in [7, 11) is 0. The third kappa shape index (κ3) is 4.71. The van der Waals surface area contributed by atoms with Gasteiger partial charge in [-0.3, -0.25) is 4.79 Å². The predicted molar refractivity (Wildman–Crippen MR) is 122 cm³/mol. The number of thiazole rings is 1. The smallest absolute Gasteiger partial charge is 0.347 e. The van der Waals surface area contributed by atoms with Gasteiger partial charge in [-0.25, -0.2) is 9.78 Å². The van der Waals surface area contributed by atoms with Crippen LogP contribution in [0.1, 0.15) is 49.4 Å². The van der Waals surface area contributed by atoms with Crippen LogP contribution in [-0.2, 0) is 10.4 Å². The van der Waals surface area contributed by atoms with E-state index in [4.69, 9.17) is 16.7 Å². The Kier molecular flexibility index (Phi) is 6.64. The zero-order valence-corrected chi connectivity index (χ0v) is 19.6. The van der Waals surface area contributed by atoms with Crippen molar-refractivity contribution >= 4 is 39.9 Å². The maximum Gasteiger partial charge on any atom is 0.347 e. The molecule has 1 saturated heterocycles. The second kappa shape index (κ2) is 8.76. The Labute approximate surface area is 191 Å². The quantitative estimate of drug-likeness (QED) is 0.594. The van der Waals surface area contributed by atoms with Gasteiger partial charge in [0, 0.05) is 29.6 Å². The van der Waals surface area contributed by atoms with Crippen LogP contribution in [0.2, 0.25) is 5.02 Å². The number of nitrogens with zero attached hydrogens (tertiary/aromatic N) is 2. The minimum Gasteiger partial charge on any atom is -0.477 e. The molecule has 2 aromatic rings. The van der Waals surface area contributed by atoms with Gasteiger partial charge in [0.2, 0.25) is 5.91 Å². The van der Waals surface area contributed by atoms with Gasteiger partial charge < -0.3 is 20.4 Å². The van der Waals surface area contributed by atoms with Gasteiger partial charge in [0.25, 0.3) is 0 Å². The van der Waals surface area contributed by atoms with Crippen molar-refractivity contribution in [2.24, 2.45) is 11.3 Å². The third-order valence-corrected chi connectivity index (χ3v) is 7.46. The molecule has 0 saturated carbocycles. The van der Waals surface area contributed by atoms with Gasteiger partial charge in [-0.15, -0.1) is 0 Å². The number of aromatic nitrogens is 1. The number of nitrogens with one attached hydrogen (secondary N) is 1. The predicted octanol–water partition coefficient (Wildman–Crippen LogP) is 4.08. The molecule has 1 aromatic heterocycles. The summed E-state index contributed by atoms with van der Waals surface area (Å²) in [6.45, 7) is 8.52. The van der Waals surface area contributed by atoms with Crippen LogP contribution < -0.4 is 5.32 Å². The van der Waals surface area contributed by atoms with Crippen molar-refractivity contribution in [1.82, 2.24) is 9.88 Å². The molecule has 1 amide bonds. The van der Waals surface area contributed by atoms with Crippen LogP contribution in [0.15, 0.2) is 30.5 Å². The lowest BCUT2D eigenvalue weighted by Crippen LogP contribution is -2.58. The van der Waals surface area contributed by atoms with E-state index in [1.807, 2.05) is 39.8 Å². The Morgan fingerprint density at radius 3 is 2.45 bits per heavy atom. The number of likely N-dealkylation sites (tertiary alicyclic amines) is 1. The zero-order valence-electron chi connectivity index (χ0n) is 18.1. The third-order valence-electron chi connectivity index (χ3n) is 6.29. The summed E-state index contributed by atoms with van der Waals surface area (Å²) in [4.78, 5) is 30.3. The van der Waals surface area contributed by atoms with E-state index in [-0.39, 0.29) is 22.7 Å². The van der Waals surface area contributed by atoms with Gasteiger partial charge in [-0.2, -0.15) is 0 Å². The molecular formula is C22H28ClN3O4S. The van der Waals surface area contributed by atoms with Crippen molar-refractivity contribution in [2.45, 2.75) is 45.8 Å². The first-order valence-corrected chi connectivity index (χ1v) is 11.4. The Bertz CT molecular complexity index is 962. The topological polar surface area (TPSA) is 103 Å². The largest absolute Gasteiger partial charge is 0.477 e. The first-order valence-electron chi connectivity index (χ1n) is 10.2. The van der Waals surface area contributed by atoms with E-state index in [9.17, 15) is 14.7 Å². The number of carboxylic acids is 1. The van der Waals surface area contributed by atoms with Crippen molar-refractivity contribution < 1.29 is 19.8 Å². The van der Waals surface area contributed by atoms with Gasteiger partial charge >= 0.3 is 5.97 Å². The molecule has 168 valence electrons. The number of carbonyl (C=O) groups excluding carboxylic acids is 1. The highest BCUT2D eigenvalue weighted by molar-refractivity contribution is 7.17. The van der Waals surface area contributed by atoms with E-state index in [0.717, 1.165) is 16.9 Å². The van der Waals surface area contributed by atoms with Crippen LogP contribution in [0, 0.1) is 11.3 Å². The lowest BCUT2D eigenvalue weighted by molar-refractivity contribution is -0.156. The molecule has 3 N–H and O–H groups in total. The van der Waals surface area contributed by atoms with Crippen LogP contribution in [-0.4, -0.2) is 51.1 Å². The molecule has 1 fully saturated rings. The van der Waals surface area contributed by atoms with Crippen LogP contribution in [0.25, 0.3) is 0 Å². The Morgan fingerprint density at radius 2 is 1.90 bits per heavy atom. The molecule has 1 aliphatic heterocycles. The molecule has 7 nitrogen and oxygen atoms in total. The summed E-state index contributed by atoms with van der Waals surface area (Å²) in [5.41, 5.74) is -0.818. The number of amides is 1. The van der Waals surface area contributed by atoms with E-state index < -0.39 is 17.0 Å². The average molecular weight is 466 g/mol. The summed E-state index contributed by atoms with van der Waals surface area (Å²) in [6, 6.07) is 6.99. The van der Waals surface area contributed by atoms with Gasteiger partial charge in [0.05, 0.1) is 17.7 Å².